The molecule has 0 spiro atoms. The molecule has 0 atom stereocenters. The Morgan fingerprint density at radius 3 is 2.19 bits per heavy atom. The van der Waals surface area contributed by atoms with Crippen LogP contribution in [0.4, 0.5) is 5.69 Å². The second kappa shape index (κ2) is 9.27. The lowest BCUT2D eigenvalue weighted by atomic mass is 10.3. The SMILES string of the molecule is CCCN(CCC)C(=O)CNc1ccc(OC(C)C)cc1. The fourth-order valence-electron chi connectivity index (χ4n) is 2.11. The number of hydrogen-bond acceptors (Lipinski definition) is 3. The first-order chi connectivity index (χ1) is 10.1. The van der Waals surface area contributed by atoms with Crippen LogP contribution in [0.15, 0.2) is 24.3 Å². The molecule has 0 saturated heterocycles. The number of hydrogen-bond donors (Lipinski definition) is 1. The zero-order valence-electron chi connectivity index (χ0n) is 13.7. The van der Waals surface area contributed by atoms with Crippen molar-refractivity contribution in [3.05, 3.63) is 24.3 Å². The van der Waals surface area contributed by atoms with Crippen molar-refractivity contribution in [2.75, 3.05) is 25.0 Å². The van der Waals surface area contributed by atoms with Gasteiger partial charge < -0.3 is 15.0 Å². The van der Waals surface area contributed by atoms with Crippen molar-refractivity contribution in [3.63, 3.8) is 0 Å². The molecular weight excluding hydrogens is 264 g/mol. The molecule has 118 valence electrons. The minimum absolute atomic E-state index is 0.154. The maximum Gasteiger partial charge on any atom is 0.241 e. The summed E-state index contributed by atoms with van der Waals surface area (Å²) in [6, 6.07) is 7.72. The van der Waals surface area contributed by atoms with Gasteiger partial charge in [-0.05, 0) is 51.0 Å². The van der Waals surface area contributed by atoms with E-state index in [-0.39, 0.29) is 12.0 Å². The average molecular weight is 292 g/mol. The number of carbonyl (C=O) groups excluding carboxylic acids is 1. The second-order valence-electron chi connectivity index (χ2n) is 5.43. The monoisotopic (exact) mass is 292 g/mol. The Labute approximate surface area is 128 Å². The van der Waals surface area contributed by atoms with Crippen LogP contribution in [0.25, 0.3) is 0 Å². The van der Waals surface area contributed by atoms with Crippen molar-refractivity contribution < 1.29 is 9.53 Å². The number of rotatable bonds is 9. The number of anilines is 1. The van der Waals surface area contributed by atoms with Crippen LogP contribution in [0.1, 0.15) is 40.5 Å². The normalized spacial score (nSPS) is 10.5. The van der Waals surface area contributed by atoms with Crippen molar-refractivity contribution in [1.29, 1.82) is 0 Å². The first kappa shape index (κ1) is 17.3. The van der Waals surface area contributed by atoms with Crippen molar-refractivity contribution >= 4 is 11.6 Å². The van der Waals surface area contributed by atoms with Crippen molar-refractivity contribution in [2.45, 2.75) is 46.6 Å². The van der Waals surface area contributed by atoms with Gasteiger partial charge in [0.2, 0.25) is 5.91 Å². The maximum atomic E-state index is 12.1. The van der Waals surface area contributed by atoms with E-state index in [2.05, 4.69) is 19.2 Å². The zero-order chi connectivity index (χ0) is 15.7. The molecule has 1 amide bonds. The molecule has 4 heteroatoms. The third-order valence-corrected chi connectivity index (χ3v) is 3.01. The van der Waals surface area contributed by atoms with Crippen LogP contribution in [0.5, 0.6) is 5.75 Å². The van der Waals surface area contributed by atoms with Crippen LogP contribution < -0.4 is 10.1 Å². The number of nitrogens with one attached hydrogen (secondary N) is 1. The Kier molecular flexibility index (Phi) is 7.65. The number of amides is 1. The maximum absolute atomic E-state index is 12.1. The first-order valence-corrected chi connectivity index (χ1v) is 7.85. The lowest BCUT2D eigenvalue weighted by Crippen LogP contribution is -2.36. The predicted molar refractivity (Wildman–Crippen MR) is 87.9 cm³/mol. The van der Waals surface area contributed by atoms with Crippen molar-refractivity contribution in [3.8, 4) is 5.75 Å². The quantitative estimate of drug-likeness (QED) is 0.757. The molecule has 21 heavy (non-hydrogen) atoms. The molecule has 0 bridgehead atoms. The third-order valence-electron chi connectivity index (χ3n) is 3.01. The van der Waals surface area contributed by atoms with E-state index in [1.165, 1.54) is 0 Å². The standard InChI is InChI=1S/C17H28N2O2/c1-5-11-19(12-6-2)17(20)13-18-15-7-9-16(10-8-15)21-14(3)4/h7-10,14,18H,5-6,11-13H2,1-4H3. The summed E-state index contributed by atoms with van der Waals surface area (Å²) in [5.74, 6) is 1.00. The van der Waals surface area contributed by atoms with Gasteiger partial charge in [0.1, 0.15) is 5.75 Å². The van der Waals surface area contributed by atoms with Crippen LogP contribution in [-0.4, -0.2) is 36.5 Å². The number of ether oxygens (including phenoxy) is 1. The Morgan fingerprint density at radius 2 is 1.71 bits per heavy atom. The topological polar surface area (TPSA) is 41.6 Å². The molecule has 0 radical (unpaired) electrons. The molecule has 1 N–H and O–H groups in total. The van der Waals surface area contributed by atoms with Gasteiger partial charge in [-0.25, -0.2) is 0 Å². The molecule has 4 nitrogen and oxygen atoms in total. The van der Waals surface area contributed by atoms with Gasteiger partial charge in [-0.1, -0.05) is 13.8 Å². The van der Waals surface area contributed by atoms with Gasteiger partial charge in [0.25, 0.3) is 0 Å². The minimum Gasteiger partial charge on any atom is -0.491 e. The average Bonchev–Trinajstić information content (AvgIpc) is 2.45. The van der Waals surface area contributed by atoms with Crippen LogP contribution in [0.3, 0.4) is 0 Å². The van der Waals surface area contributed by atoms with Gasteiger partial charge in [0, 0.05) is 18.8 Å². The molecule has 0 unspecified atom stereocenters. The summed E-state index contributed by atoms with van der Waals surface area (Å²) in [5, 5.41) is 3.18. The van der Waals surface area contributed by atoms with E-state index in [9.17, 15) is 4.79 Å². The number of carbonyl (C=O) groups is 1. The zero-order valence-corrected chi connectivity index (χ0v) is 13.7. The lowest BCUT2D eigenvalue weighted by molar-refractivity contribution is -0.129. The Balaban J connectivity index is 2.48. The molecular formula is C17H28N2O2. The molecule has 0 aliphatic carbocycles. The minimum atomic E-state index is 0.154. The molecule has 0 aliphatic rings. The Hall–Kier alpha value is -1.71. The Morgan fingerprint density at radius 1 is 1.14 bits per heavy atom. The smallest absolute Gasteiger partial charge is 0.241 e. The lowest BCUT2D eigenvalue weighted by Gasteiger charge is -2.22. The van der Waals surface area contributed by atoms with E-state index in [4.69, 9.17) is 4.74 Å². The highest BCUT2D eigenvalue weighted by Crippen LogP contribution is 2.16. The van der Waals surface area contributed by atoms with E-state index in [0.717, 1.165) is 37.4 Å². The summed E-state index contributed by atoms with van der Waals surface area (Å²) in [4.78, 5) is 14.1. The molecule has 0 aliphatic heterocycles. The van der Waals surface area contributed by atoms with Crippen molar-refractivity contribution in [2.24, 2.45) is 0 Å². The molecule has 0 saturated carbocycles. The van der Waals surface area contributed by atoms with E-state index in [0.29, 0.717) is 6.54 Å². The highest BCUT2D eigenvalue weighted by Gasteiger charge is 2.11. The van der Waals surface area contributed by atoms with Gasteiger partial charge in [0.05, 0.1) is 12.6 Å². The predicted octanol–water partition coefficient (Wildman–Crippen LogP) is 3.53. The van der Waals surface area contributed by atoms with E-state index in [1.54, 1.807) is 0 Å². The second-order valence-corrected chi connectivity index (χ2v) is 5.43. The van der Waals surface area contributed by atoms with E-state index < -0.39 is 0 Å². The van der Waals surface area contributed by atoms with E-state index in [1.807, 2.05) is 43.0 Å². The van der Waals surface area contributed by atoms with Gasteiger partial charge in [-0.3, -0.25) is 4.79 Å². The van der Waals surface area contributed by atoms with Crippen molar-refractivity contribution in [1.82, 2.24) is 4.90 Å². The third kappa shape index (κ3) is 6.52. The molecule has 0 heterocycles. The molecule has 1 aromatic carbocycles. The summed E-state index contributed by atoms with van der Waals surface area (Å²) < 4.78 is 5.59. The number of nitrogens with zero attached hydrogens (tertiary/aromatic N) is 1. The van der Waals surface area contributed by atoms with Gasteiger partial charge in [-0.15, -0.1) is 0 Å². The fourth-order valence-corrected chi connectivity index (χ4v) is 2.11. The summed E-state index contributed by atoms with van der Waals surface area (Å²) in [6.07, 6.45) is 2.15. The molecule has 0 aromatic heterocycles. The van der Waals surface area contributed by atoms with Crippen LogP contribution in [0, 0.1) is 0 Å². The van der Waals surface area contributed by atoms with Gasteiger partial charge in [-0.2, -0.15) is 0 Å². The summed E-state index contributed by atoms with van der Waals surface area (Å²) in [7, 11) is 0. The first-order valence-electron chi connectivity index (χ1n) is 7.85. The van der Waals surface area contributed by atoms with Gasteiger partial charge in [0.15, 0.2) is 0 Å². The summed E-state index contributed by atoms with van der Waals surface area (Å²) >= 11 is 0. The summed E-state index contributed by atoms with van der Waals surface area (Å²) in [6.45, 7) is 10.2. The Bertz CT molecular complexity index is 409. The molecule has 1 aromatic rings. The fraction of sp³-hybridized carbons (Fsp3) is 0.588. The largest absolute Gasteiger partial charge is 0.491 e. The number of benzene rings is 1. The van der Waals surface area contributed by atoms with Gasteiger partial charge >= 0.3 is 0 Å². The molecule has 1 rings (SSSR count). The van der Waals surface area contributed by atoms with E-state index >= 15 is 0 Å². The summed E-state index contributed by atoms with van der Waals surface area (Å²) in [5.41, 5.74) is 0.937. The highest BCUT2D eigenvalue weighted by molar-refractivity contribution is 5.80. The van der Waals surface area contributed by atoms with Crippen LogP contribution in [-0.2, 0) is 4.79 Å². The van der Waals surface area contributed by atoms with Crippen LogP contribution in [0.2, 0.25) is 0 Å². The highest BCUT2D eigenvalue weighted by atomic mass is 16.5. The molecule has 0 fully saturated rings. The van der Waals surface area contributed by atoms with Crippen LogP contribution >= 0.6 is 0 Å².